The van der Waals surface area contributed by atoms with E-state index in [2.05, 4.69) is 69.6 Å². The first-order valence-corrected chi connectivity index (χ1v) is 10.7. The molecule has 2 aliphatic rings. The lowest BCUT2D eigenvalue weighted by Crippen LogP contribution is -2.47. The molecule has 1 aromatic carbocycles. The minimum absolute atomic E-state index is 0.466. The highest BCUT2D eigenvalue weighted by atomic mass is 15.3. The van der Waals surface area contributed by atoms with Gasteiger partial charge in [0.05, 0.1) is 0 Å². The Kier molecular flexibility index (Phi) is 7.53. The summed E-state index contributed by atoms with van der Waals surface area (Å²) in [7, 11) is 1.88. The molecule has 2 heterocycles. The van der Waals surface area contributed by atoms with E-state index in [4.69, 9.17) is 0 Å². The summed E-state index contributed by atoms with van der Waals surface area (Å²) >= 11 is 0. The second kappa shape index (κ2) is 10.1. The van der Waals surface area contributed by atoms with Crippen LogP contribution in [0.4, 0.5) is 0 Å². The Morgan fingerprint density at radius 2 is 2.04 bits per heavy atom. The van der Waals surface area contributed by atoms with E-state index in [-0.39, 0.29) is 0 Å². The maximum atomic E-state index is 4.47. The third-order valence-electron chi connectivity index (χ3n) is 6.11. The molecule has 3 rings (SSSR count). The van der Waals surface area contributed by atoms with E-state index < -0.39 is 0 Å². The molecular weight excluding hydrogens is 334 g/mol. The normalized spacial score (nSPS) is 27.7. The molecule has 0 saturated carbocycles. The number of nitrogens with one attached hydrogen (secondary N) is 2. The number of nitrogens with zero attached hydrogens (tertiary/aromatic N) is 3. The predicted molar refractivity (Wildman–Crippen MR) is 114 cm³/mol. The lowest BCUT2D eigenvalue weighted by atomic mass is 9.98. The van der Waals surface area contributed by atoms with Gasteiger partial charge in [0, 0.05) is 45.3 Å². The van der Waals surface area contributed by atoms with Crippen molar-refractivity contribution in [2.75, 3.05) is 39.8 Å². The monoisotopic (exact) mass is 371 g/mol. The van der Waals surface area contributed by atoms with Gasteiger partial charge in [-0.05, 0) is 50.8 Å². The molecule has 0 aromatic heterocycles. The predicted octanol–water partition coefficient (Wildman–Crippen LogP) is 2.55. The van der Waals surface area contributed by atoms with Crippen LogP contribution in [0, 0.1) is 5.92 Å². The number of rotatable bonds is 6. The van der Waals surface area contributed by atoms with Crippen molar-refractivity contribution in [2.45, 2.75) is 51.7 Å². The lowest BCUT2D eigenvalue weighted by Gasteiger charge is -2.32. The number of piperidine rings is 1. The molecule has 0 spiro atoms. The van der Waals surface area contributed by atoms with E-state index in [0.29, 0.717) is 12.1 Å². The Labute approximate surface area is 165 Å². The highest BCUT2D eigenvalue weighted by Gasteiger charge is 2.29. The maximum Gasteiger partial charge on any atom is 0.191 e. The summed E-state index contributed by atoms with van der Waals surface area (Å²) in [5.41, 5.74) is 1.39. The van der Waals surface area contributed by atoms with Gasteiger partial charge in [-0.2, -0.15) is 0 Å². The highest BCUT2D eigenvalue weighted by molar-refractivity contribution is 5.80. The average Bonchev–Trinajstić information content (AvgIpc) is 3.05. The van der Waals surface area contributed by atoms with Gasteiger partial charge in [0.1, 0.15) is 0 Å². The van der Waals surface area contributed by atoms with E-state index in [9.17, 15) is 0 Å². The standard InChI is InChI=1S/C22H37N5/c1-4-26-12-8-11-20(15-26)14-24-22(23-3)25-21-13-18(2)27(17-21)16-19-9-6-5-7-10-19/h5-7,9-10,18,20-21H,4,8,11-17H2,1-3H3,(H2,23,24,25). The van der Waals surface area contributed by atoms with Gasteiger partial charge in [-0.25, -0.2) is 0 Å². The Hall–Kier alpha value is -1.59. The van der Waals surface area contributed by atoms with E-state index in [0.717, 1.165) is 31.5 Å². The average molecular weight is 372 g/mol. The number of hydrogen-bond acceptors (Lipinski definition) is 3. The third-order valence-corrected chi connectivity index (χ3v) is 6.11. The van der Waals surface area contributed by atoms with Crippen molar-refractivity contribution in [2.24, 2.45) is 10.9 Å². The minimum Gasteiger partial charge on any atom is -0.356 e. The second-order valence-electron chi connectivity index (χ2n) is 8.20. The molecule has 2 fully saturated rings. The van der Waals surface area contributed by atoms with Crippen LogP contribution in [0.2, 0.25) is 0 Å². The molecular formula is C22H37N5. The van der Waals surface area contributed by atoms with Crippen molar-refractivity contribution < 1.29 is 0 Å². The second-order valence-corrected chi connectivity index (χ2v) is 8.20. The molecule has 0 bridgehead atoms. The van der Waals surface area contributed by atoms with Gasteiger partial charge >= 0.3 is 0 Å². The molecule has 150 valence electrons. The van der Waals surface area contributed by atoms with E-state index in [1.54, 1.807) is 0 Å². The molecule has 5 heteroatoms. The molecule has 5 nitrogen and oxygen atoms in total. The van der Waals surface area contributed by atoms with Gasteiger partial charge < -0.3 is 15.5 Å². The smallest absolute Gasteiger partial charge is 0.191 e. The van der Waals surface area contributed by atoms with Gasteiger partial charge in [0.25, 0.3) is 0 Å². The summed E-state index contributed by atoms with van der Waals surface area (Å²) in [5, 5.41) is 7.24. The van der Waals surface area contributed by atoms with Crippen molar-refractivity contribution in [3.8, 4) is 0 Å². The van der Waals surface area contributed by atoms with Crippen LogP contribution in [-0.4, -0.2) is 67.6 Å². The van der Waals surface area contributed by atoms with Crippen molar-refractivity contribution in [3.63, 3.8) is 0 Å². The van der Waals surface area contributed by atoms with Gasteiger partial charge in [0.2, 0.25) is 0 Å². The van der Waals surface area contributed by atoms with E-state index in [1.165, 1.54) is 44.5 Å². The Morgan fingerprint density at radius 3 is 2.78 bits per heavy atom. The first-order chi connectivity index (χ1) is 13.2. The Morgan fingerprint density at radius 1 is 1.22 bits per heavy atom. The summed E-state index contributed by atoms with van der Waals surface area (Å²) in [6.07, 6.45) is 3.81. The van der Waals surface area contributed by atoms with Gasteiger partial charge in [0.15, 0.2) is 5.96 Å². The van der Waals surface area contributed by atoms with E-state index in [1.807, 2.05) is 7.05 Å². The molecule has 2 saturated heterocycles. The first-order valence-electron chi connectivity index (χ1n) is 10.7. The van der Waals surface area contributed by atoms with Crippen molar-refractivity contribution >= 4 is 5.96 Å². The fourth-order valence-electron chi connectivity index (χ4n) is 4.48. The number of aliphatic imine (C=N–C) groups is 1. The zero-order chi connectivity index (χ0) is 19.1. The molecule has 3 unspecified atom stereocenters. The van der Waals surface area contributed by atoms with Crippen LogP contribution in [-0.2, 0) is 6.54 Å². The molecule has 1 aromatic rings. The van der Waals surface area contributed by atoms with Gasteiger partial charge in [-0.1, -0.05) is 37.3 Å². The number of hydrogen-bond donors (Lipinski definition) is 2. The quantitative estimate of drug-likeness (QED) is 0.596. The van der Waals surface area contributed by atoms with Crippen molar-refractivity contribution in [3.05, 3.63) is 35.9 Å². The minimum atomic E-state index is 0.466. The molecule has 0 radical (unpaired) electrons. The Bertz CT molecular complexity index is 588. The SMILES string of the molecule is CCN1CCCC(CNC(=NC)NC2CC(C)N(Cc3ccccc3)C2)C1. The van der Waals surface area contributed by atoms with Crippen LogP contribution in [0.5, 0.6) is 0 Å². The van der Waals surface area contributed by atoms with Gasteiger partial charge in [-0.15, -0.1) is 0 Å². The summed E-state index contributed by atoms with van der Waals surface area (Å²) in [5.74, 6) is 1.69. The fourth-order valence-corrected chi connectivity index (χ4v) is 4.48. The molecule has 0 aliphatic carbocycles. The molecule has 3 atom stereocenters. The van der Waals surface area contributed by atoms with Crippen LogP contribution in [0.15, 0.2) is 35.3 Å². The fraction of sp³-hybridized carbons (Fsp3) is 0.682. The zero-order valence-electron chi connectivity index (χ0n) is 17.3. The Balaban J connectivity index is 1.44. The largest absolute Gasteiger partial charge is 0.356 e. The summed E-state index contributed by atoms with van der Waals surface area (Å²) in [4.78, 5) is 9.60. The number of benzene rings is 1. The topological polar surface area (TPSA) is 42.9 Å². The summed E-state index contributed by atoms with van der Waals surface area (Å²) in [6, 6.07) is 11.8. The molecule has 27 heavy (non-hydrogen) atoms. The van der Waals surface area contributed by atoms with Crippen LogP contribution < -0.4 is 10.6 Å². The molecule has 0 amide bonds. The van der Waals surface area contributed by atoms with Crippen LogP contribution in [0.1, 0.15) is 38.7 Å². The van der Waals surface area contributed by atoms with Crippen LogP contribution in [0.3, 0.4) is 0 Å². The van der Waals surface area contributed by atoms with Crippen molar-refractivity contribution in [1.29, 1.82) is 0 Å². The molecule has 2 aliphatic heterocycles. The number of guanidine groups is 1. The zero-order valence-corrected chi connectivity index (χ0v) is 17.3. The van der Waals surface area contributed by atoms with Crippen LogP contribution in [0.25, 0.3) is 0 Å². The van der Waals surface area contributed by atoms with Crippen molar-refractivity contribution in [1.82, 2.24) is 20.4 Å². The highest BCUT2D eigenvalue weighted by Crippen LogP contribution is 2.20. The van der Waals surface area contributed by atoms with E-state index >= 15 is 0 Å². The van der Waals surface area contributed by atoms with Gasteiger partial charge in [-0.3, -0.25) is 9.89 Å². The van der Waals surface area contributed by atoms with Crippen LogP contribution >= 0.6 is 0 Å². The first kappa shape index (κ1) is 20.2. The summed E-state index contributed by atoms with van der Waals surface area (Å²) in [6.45, 7) is 11.4. The molecule has 2 N–H and O–H groups in total. The third kappa shape index (κ3) is 5.94. The lowest BCUT2D eigenvalue weighted by molar-refractivity contribution is 0.183. The summed E-state index contributed by atoms with van der Waals surface area (Å²) < 4.78 is 0. The number of likely N-dealkylation sites (tertiary alicyclic amines) is 2. The maximum absolute atomic E-state index is 4.47.